The van der Waals surface area contributed by atoms with Crippen LogP contribution in [0.25, 0.3) is 0 Å². The van der Waals surface area contributed by atoms with Gasteiger partial charge in [0.2, 0.25) is 0 Å². The first kappa shape index (κ1) is 35.2. The largest absolute Gasteiger partial charge is 0.487 e. The molecule has 1 saturated carbocycles. The summed E-state index contributed by atoms with van der Waals surface area (Å²) in [6, 6.07) is 10.1. The minimum atomic E-state index is -3.81. The highest BCUT2D eigenvalue weighted by Crippen LogP contribution is 2.42. The van der Waals surface area contributed by atoms with E-state index < -0.39 is 27.5 Å². The maximum atomic E-state index is 14.7. The topological polar surface area (TPSA) is 119 Å². The summed E-state index contributed by atoms with van der Waals surface area (Å²) in [6.45, 7) is 8.68. The molecule has 0 unspecified atom stereocenters. The zero-order chi connectivity index (χ0) is 33.8. The average molecular weight is 687 g/mol. The minimum Gasteiger partial charge on any atom is -0.487 e. The number of hydrogen-bond donors (Lipinski definition) is 2. The van der Waals surface area contributed by atoms with Gasteiger partial charge in [0.05, 0.1) is 23.3 Å². The smallest absolute Gasteiger partial charge is 0.327 e. The molecule has 2 N–H and O–H groups in total. The molecular formula is C35H47ClN4O6S. The van der Waals surface area contributed by atoms with Gasteiger partial charge in [-0.1, -0.05) is 29.8 Å². The van der Waals surface area contributed by atoms with Gasteiger partial charge in [-0.15, -0.1) is 4.36 Å². The molecule has 2 aromatic carbocycles. The molecular weight excluding hydrogens is 640 g/mol. The molecule has 4 atom stereocenters. The summed E-state index contributed by atoms with van der Waals surface area (Å²) in [5.41, 5.74) is 1.54. The van der Waals surface area contributed by atoms with Gasteiger partial charge < -0.3 is 24.4 Å². The van der Waals surface area contributed by atoms with Crippen LogP contribution >= 0.6 is 11.6 Å². The Hall–Kier alpha value is -3.12. The lowest BCUT2D eigenvalue weighted by atomic mass is 9.70. The van der Waals surface area contributed by atoms with Crippen molar-refractivity contribution in [2.45, 2.75) is 89.0 Å². The molecule has 2 bridgehead atoms. The van der Waals surface area contributed by atoms with Crippen molar-refractivity contribution in [2.24, 2.45) is 16.2 Å². The highest BCUT2D eigenvalue weighted by molar-refractivity contribution is 7.92. The Kier molecular flexibility index (Phi) is 11.2. The molecule has 2 heterocycles. The minimum absolute atomic E-state index is 0.0959. The van der Waals surface area contributed by atoms with Gasteiger partial charge in [-0.25, -0.2) is 13.7 Å². The second kappa shape index (κ2) is 15.0. The van der Waals surface area contributed by atoms with E-state index in [-0.39, 0.29) is 23.6 Å². The quantitative estimate of drug-likeness (QED) is 0.357. The van der Waals surface area contributed by atoms with Gasteiger partial charge in [-0.05, 0) is 113 Å². The summed E-state index contributed by atoms with van der Waals surface area (Å²) in [5, 5.41) is 3.40. The van der Waals surface area contributed by atoms with E-state index in [1.807, 2.05) is 30.4 Å². The summed E-state index contributed by atoms with van der Waals surface area (Å²) in [6.07, 6.45) is 8.58. The van der Waals surface area contributed by atoms with Crippen LogP contribution in [0.15, 0.2) is 57.8 Å². The third kappa shape index (κ3) is 8.49. The van der Waals surface area contributed by atoms with Crippen LogP contribution in [0, 0.1) is 11.8 Å². The number of ether oxygens (including phenoxy) is 3. The molecule has 0 aromatic heterocycles. The molecule has 0 saturated heterocycles. The van der Waals surface area contributed by atoms with Crippen molar-refractivity contribution >= 4 is 39.1 Å². The molecule has 0 radical (unpaired) electrons. The Labute approximate surface area is 283 Å². The summed E-state index contributed by atoms with van der Waals surface area (Å²) in [4.78, 5) is 29.1. The Bertz CT molecular complexity index is 1620. The Morgan fingerprint density at radius 2 is 1.96 bits per heavy atom. The number of nitrogens with zero attached hydrogens (tertiary/aromatic N) is 2. The van der Waals surface area contributed by atoms with Crippen LogP contribution in [-0.4, -0.2) is 60.7 Å². The zero-order valence-electron chi connectivity index (χ0n) is 27.9. The van der Waals surface area contributed by atoms with Gasteiger partial charge in [0.15, 0.2) is 9.92 Å². The highest BCUT2D eigenvalue weighted by atomic mass is 35.5. The Morgan fingerprint density at radius 1 is 1.15 bits per heavy atom. The number of halogens is 1. The number of carbonyl (C=O) groups is 2. The lowest BCUT2D eigenvalue weighted by Crippen LogP contribution is -2.44. The molecule has 12 heteroatoms. The summed E-state index contributed by atoms with van der Waals surface area (Å²) in [7, 11) is -2.08. The first-order valence-electron chi connectivity index (χ1n) is 16.4. The summed E-state index contributed by atoms with van der Waals surface area (Å²) < 4.78 is 39.8. The molecule has 1 aliphatic carbocycles. The Balaban J connectivity index is 1.65. The van der Waals surface area contributed by atoms with Crippen molar-refractivity contribution in [3.63, 3.8) is 0 Å². The molecule has 1 fully saturated rings. The normalized spacial score (nSPS) is 27.1. The number of amides is 3. The number of aryl methyl sites for hydroxylation is 1. The summed E-state index contributed by atoms with van der Waals surface area (Å²) >= 11 is 6.36. The van der Waals surface area contributed by atoms with E-state index >= 15 is 0 Å². The van der Waals surface area contributed by atoms with E-state index in [9.17, 15) is 13.8 Å². The lowest BCUT2D eigenvalue weighted by molar-refractivity contribution is -0.137. The van der Waals surface area contributed by atoms with Gasteiger partial charge in [0.25, 0.3) is 5.91 Å². The van der Waals surface area contributed by atoms with E-state index in [1.54, 1.807) is 53.0 Å². The van der Waals surface area contributed by atoms with Crippen LogP contribution in [0.3, 0.4) is 0 Å². The van der Waals surface area contributed by atoms with Crippen LogP contribution in [0.1, 0.15) is 64.5 Å². The number of benzene rings is 2. The zero-order valence-corrected chi connectivity index (χ0v) is 29.5. The van der Waals surface area contributed by atoms with Crippen LogP contribution in [0.4, 0.5) is 10.5 Å². The molecule has 3 amide bonds. The van der Waals surface area contributed by atoms with Crippen LogP contribution < -0.4 is 19.7 Å². The second-order valence-electron chi connectivity index (χ2n) is 13.3. The number of fused-ring (bicyclic) bond motifs is 3. The predicted octanol–water partition coefficient (Wildman–Crippen LogP) is 6.44. The number of urea groups is 1. The maximum absolute atomic E-state index is 14.7. The number of methoxy groups -OCH3 is 1. The first-order chi connectivity index (χ1) is 22.4. The third-order valence-electron chi connectivity index (χ3n) is 9.14. The molecule has 10 nitrogen and oxygen atoms in total. The fourth-order valence-electron chi connectivity index (χ4n) is 6.31. The first-order valence-corrected chi connectivity index (χ1v) is 18.3. The van der Waals surface area contributed by atoms with Crippen molar-refractivity contribution in [1.82, 2.24) is 10.0 Å². The van der Waals surface area contributed by atoms with Gasteiger partial charge in [0.1, 0.15) is 18.0 Å². The fourth-order valence-corrected chi connectivity index (χ4v) is 8.06. The maximum Gasteiger partial charge on any atom is 0.327 e. The van der Waals surface area contributed by atoms with E-state index in [4.69, 9.17) is 25.8 Å². The molecule has 0 spiro atoms. The number of hydrogen-bond acceptors (Lipinski definition) is 7. The van der Waals surface area contributed by atoms with Crippen LogP contribution in [0.2, 0.25) is 5.02 Å². The third-order valence-corrected chi connectivity index (χ3v) is 11.1. The van der Waals surface area contributed by atoms with Gasteiger partial charge in [0, 0.05) is 31.3 Å². The molecule has 256 valence electrons. The number of nitrogens with one attached hydrogen (secondary N) is 2. The molecule has 2 aromatic rings. The highest BCUT2D eigenvalue weighted by Gasteiger charge is 2.38. The standard InChI is InChI=1S/C35H47ClN4O6S/c1-23(2)37-34(42)39-47(43)28-14-16-32-30(20-28)40(17-7-6-9-24-19-27(36)13-11-26(24)22-45-32)21-25-12-15-29(25)31(44-5)10-8-18-46-35(3,4)33(41)38-47/h8,10-11,13-14,16,19-20,23,25,29,31H,6-7,9,12,15,17-18,21-22H2,1-5H3,(H2,37,38,39,41,42,43)/b10-8+/t25-,29+,31-,47-/m0/s1. The summed E-state index contributed by atoms with van der Waals surface area (Å²) in [5.74, 6) is 0.504. The number of carbonyl (C=O) groups excluding carboxylic acids is 2. The van der Waals surface area contributed by atoms with E-state index in [0.717, 1.165) is 62.0 Å². The van der Waals surface area contributed by atoms with Gasteiger partial charge in [-0.3, -0.25) is 4.79 Å². The van der Waals surface area contributed by atoms with Crippen LogP contribution in [0.5, 0.6) is 5.75 Å². The van der Waals surface area contributed by atoms with E-state index in [1.165, 1.54) is 0 Å². The van der Waals surface area contributed by atoms with E-state index in [2.05, 4.69) is 19.3 Å². The molecule has 47 heavy (non-hydrogen) atoms. The van der Waals surface area contributed by atoms with Gasteiger partial charge in [-0.2, -0.15) is 0 Å². The fraction of sp³-hybridized carbons (Fsp3) is 0.543. The molecule has 3 aliphatic rings. The lowest BCUT2D eigenvalue weighted by Gasteiger charge is -2.43. The van der Waals surface area contributed by atoms with Crippen molar-refractivity contribution < 1.29 is 28.0 Å². The number of rotatable bonds is 3. The monoisotopic (exact) mass is 686 g/mol. The van der Waals surface area contributed by atoms with Crippen molar-refractivity contribution in [3.05, 3.63) is 64.7 Å². The van der Waals surface area contributed by atoms with Crippen molar-refractivity contribution in [3.8, 4) is 5.75 Å². The molecule has 5 rings (SSSR count). The second-order valence-corrected chi connectivity index (χ2v) is 15.7. The van der Waals surface area contributed by atoms with Crippen molar-refractivity contribution in [1.29, 1.82) is 0 Å². The van der Waals surface area contributed by atoms with Gasteiger partial charge >= 0.3 is 6.03 Å². The number of anilines is 1. The molecule has 2 aliphatic heterocycles. The SMILES string of the molecule is CO[C@H]1/C=C/COC(C)(C)C(=O)N=[S@](=O)(NC(=O)NC(C)C)c2ccc3c(c2)N(CCCCc2cc(Cl)ccc2CO3)C[C@@H]2CC[C@H]21. The predicted molar refractivity (Wildman–Crippen MR) is 184 cm³/mol. The van der Waals surface area contributed by atoms with Crippen LogP contribution in [-0.2, 0) is 37.2 Å². The average Bonchev–Trinajstić information content (AvgIpc) is 3.02. The Morgan fingerprint density at radius 3 is 2.68 bits per heavy atom. The van der Waals surface area contributed by atoms with Crippen molar-refractivity contribution in [2.75, 3.05) is 31.7 Å². The van der Waals surface area contributed by atoms with E-state index in [0.29, 0.717) is 29.2 Å².